The number of nitrogens with zero attached hydrogens (tertiary/aromatic N) is 1. The molecule has 0 N–H and O–H groups in total. The lowest BCUT2D eigenvalue weighted by molar-refractivity contribution is 0.102. The summed E-state index contributed by atoms with van der Waals surface area (Å²) in [6.45, 7) is 7.57. The molecule has 1 unspecified atom stereocenters. The lowest BCUT2D eigenvalue weighted by atomic mass is 9.79. The fourth-order valence-corrected chi connectivity index (χ4v) is 2.61. The van der Waals surface area contributed by atoms with E-state index in [0.29, 0.717) is 5.41 Å². The van der Waals surface area contributed by atoms with Crippen LogP contribution in [0.5, 0.6) is 0 Å². The summed E-state index contributed by atoms with van der Waals surface area (Å²) < 4.78 is 0. The molecule has 0 aromatic carbocycles. The van der Waals surface area contributed by atoms with E-state index in [1.54, 1.807) is 0 Å². The highest BCUT2D eigenvalue weighted by Crippen LogP contribution is 2.37. The van der Waals surface area contributed by atoms with Crippen molar-refractivity contribution in [3.8, 4) is 0 Å². The first kappa shape index (κ1) is 7.60. The van der Waals surface area contributed by atoms with Crippen molar-refractivity contribution in [3.63, 3.8) is 0 Å². The highest BCUT2D eigenvalue weighted by atomic mass is 15.2. The van der Waals surface area contributed by atoms with Gasteiger partial charge in [0.1, 0.15) is 0 Å². The van der Waals surface area contributed by atoms with Crippen molar-refractivity contribution < 1.29 is 0 Å². The number of piperidine rings is 1. The summed E-state index contributed by atoms with van der Waals surface area (Å²) in [6.07, 6.45) is 5.75. The van der Waals surface area contributed by atoms with Crippen LogP contribution in [0.4, 0.5) is 0 Å². The lowest BCUT2D eigenvalue weighted by Crippen LogP contribution is -2.41. The van der Waals surface area contributed by atoms with Gasteiger partial charge in [0.2, 0.25) is 0 Å². The van der Waals surface area contributed by atoms with Gasteiger partial charge in [-0.05, 0) is 44.2 Å². The normalized spacial score (nSPS) is 37.1. The van der Waals surface area contributed by atoms with E-state index in [4.69, 9.17) is 0 Å². The van der Waals surface area contributed by atoms with Crippen LogP contribution in [0, 0.1) is 5.41 Å². The Morgan fingerprint density at radius 3 is 2.91 bits per heavy atom. The van der Waals surface area contributed by atoms with Crippen LogP contribution >= 0.6 is 0 Å². The number of hydrogen-bond donors (Lipinski definition) is 0. The summed E-state index contributed by atoms with van der Waals surface area (Å²) in [5.74, 6) is 0. The molecule has 0 radical (unpaired) electrons. The fourth-order valence-electron chi connectivity index (χ4n) is 2.61. The molecule has 0 aliphatic carbocycles. The Morgan fingerprint density at radius 1 is 1.27 bits per heavy atom. The summed E-state index contributed by atoms with van der Waals surface area (Å²) >= 11 is 0. The fraction of sp³-hybridized carbons (Fsp3) is 1.00. The Kier molecular flexibility index (Phi) is 1.71. The van der Waals surface area contributed by atoms with Crippen LogP contribution in [-0.4, -0.2) is 24.0 Å². The first-order chi connectivity index (χ1) is 5.17. The summed E-state index contributed by atoms with van der Waals surface area (Å²) in [5, 5.41) is 0. The Hall–Kier alpha value is -0.0400. The summed E-state index contributed by atoms with van der Waals surface area (Å²) in [4.78, 5) is 2.69. The van der Waals surface area contributed by atoms with Crippen LogP contribution in [0.3, 0.4) is 0 Å². The first-order valence-corrected chi connectivity index (χ1v) is 4.91. The zero-order valence-electron chi connectivity index (χ0n) is 7.77. The zero-order valence-corrected chi connectivity index (χ0v) is 7.77. The van der Waals surface area contributed by atoms with Gasteiger partial charge >= 0.3 is 0 Å². The highest BCUT2D eigenvalue weighted by molar-refractivity contribution is 4.89. The van der Waals surface area contributed by atoms with Crippen LogP contribution < -0.4 is 0 Å². The average molecular weight is 153 g/mol. The monoisotopic (exact) mass is 153 g/mol. The first-order valence-electron chi connectivity index (χ1n) is 4.91. The van der Waals surface area contributed by atoms with Crippen LogP contribution in [0.1, 0.15) is 39.5 Å². The van der Waals surface area contributed by atoms with E-state index in [9.17, 15) is 0 Å². The molecule has 0 bridgehead atoms. The van der Waals surface area contributed by atoms with Crippen molar-refractivity contribution in [2.24, 2.45) is 5.41 Å². The molecule has 0 aromatic rings. The van der Waals surface area contributed by atoms with Gasteiger partial charge in [-0.25, -0.2) is 0 Å². The number of rotatable bonds is 0. The molecule has 0 spiro atoms. The minimum atomic E-state index is 0.630. The maximum absolute atomic E-state index is 2.69. The van der Waals surface area contributed by atoms with E-state index < -0.39 is 0 Å². The maximum atomic E-state index is 2.69. The second kappa shape index (κ2) is 2.48. The molecule has 2 rings (SSSR count). The summed E-state index contributed by atoms with van der Waals surface area (Å²) in [7, 11) is 0. The van der Waals surface area contributed by atoms with Gasteiger partial charge < -0.3 is 4.90 Å². The van der Waals surface area contributed by atoms with Crippen molar-refractivity contribution >= 4 is 0 Å². The van der Waals surface area contributed by atoms with Gasteiger partial charge in [-0.2, -0.15) is 0 Å². The summed E-state index contributed by atoms with van der Waals surface area (Å²) in [5.41, 5.74) is 0.630. The second-order valence-corrected chi connectivity index (χ2v) is 4.95. The molecular weight excluding hydrogens is 134 g/mol. The lowest BCUT2D eigenvalue weighted by Gasteiger charge is -2.39. The molecule has 2 heterocycles. The van der Waals surface area contributed by atoms with Crippen molar-refractivity contribution in [2.45, 2.75) is 45.6 Å². The Morgan fingerprint density at radius 2 is 2.09 bits per heavy atom. The van der Waals surface area contributed by atoms with Gasteiger partial charge in [-0.15, -0.1) is 0 Å². The Labute approximate surface area is 69.8 Å². The van der Waals surface area contributed by atoms with Crippen molar-refractivity contribution in [2.75, 3.05) is 13.1 Å². The molecule has 2 aliphatic heterocycles. The van der Waals surface area contributed by atoms with E-state index in [1.165, 1.54) is 38.8 Å². The molecule has 1 atom stereocenters. The molecule has 2 saturated heterocycles. The largest absolute Gasteiger partial charge is 0.300 e. The minimum Gasteiger partial charge on any atom is -0.300 e. The average Bonchev–Trinajstić information content (AvgIpc) is 2.31. The topological polar surface area (TPSA) is 3.24 Å². The molecule has 2 fully saturated rings. The third-order valence-corrected chi connectivity index (χ3v) is 3.36. The van der Waals surface area contributed by atoms with Crippen LogP contribution in [0.25, 0.3) is 0 Å². The van der Waals surface area contributed by atoms with E-state index in [0.717, 1.165) is 6.04 Å². The maximum Gasteiger partial charge on any atom is 0.0101 e. The molecule has 2 aliphatic rings. The van der Waals surface area contributed by atoms with Gasteiger partial charge in [0.15, 0.2) is 0 Å². The van der Waals surface area contributed by atoms with E-state index >= 15 is 0 Å². The van der Waals surface area contributed by atoms with Gasteiger partial charge in [0.05, 0.1) is 0 Å². The van der Waals surface area contributed by atoms with Crippen LogP contribution in [0.2, 0.25) is 0 Å². The van der Waals surface area contributed by atoms with Gasteiger partial charge in [-0.3, -0.25) is 0 Å². The van der Waals surface area contributed by atoms with E-state index in [-0.39, 0.29) is 0 Å². The highest BCUT2D eigenvalue weighted by Gasteiger charge is 2.35. The SMILES string of the molecule is CC1(C)CCN2CCCC2C1. The van der Waals surface area contributed by atoms with Crippen molar-refractivity contribution in [1.29, 1.82) is 0 Å². The standard InChI is InChI=1S/C10H19N/c1-10(2)5-7-11-6-3-4-9(11)8-10/h9H,3-8H2,1-2H3. The Balaban J connectivity index is 2.02. The molecule has 64 valence electrons. The van der Waals surface area contributed by atoms with Gasteiger partial charge in [-0.1, -0.05) is 13.8 Å². The molecular formula is C10H19N. The molecule has 1 nitrogen and oxygen atoms in total. The molecule has 0 amide bonds. The number of fused-ring (bicyclic) bond motifs is 1. The molecule has 1 heteroatoms. The predicted molar refractivity (Wildman–Crippen MR) is 47.6 cm³/mol. The van der Waals surface area contributed by atoms with E-state index in [2.05, 4.69) is 18.7 Å². The van der Waals surface area contributed by atoms with Gasteiger partial charge in [0, 0.05) is 6.04 Å². The summed E-state index contributed by atoms with van der Waals surface area (Å²) in [6, 6.07) is 0.943. The Bertz CT molecular complexity index is 151. The third kappa shape index (κ3) is 1.44. The third-order valence-electron chi connectivity index (χ3n) is 3.36. The molecule has 0 saturated carbocycles. The van der Waals surface area contributed by atoms with E-state index in [1.807, 2.05) is 0 Å². The van der Waals surface area contributed by atoms with Crippen molar-refractivity contribution in [1.82, 2.24) is 4.90 Å². The van der Waals surface area contributed by atoms with Crippen molar-refractivity contribution in [3.05, 3.63) is 0 Å². The van der Waals surface area contributed by atoms with Crippen LogP contribution in [-0.2, 0) is 0 Å². The zero-order chi connectivity index (χ0) is 7.90. The quantitative estimate of drug-likeness (QED) is 0.516. The molecule has 0 aromatic heterocycles. The van der Waals surface area contributed by atoms with Gasteiger partial charge in [0.25, 0.3) is 0 Å². The van der Waals surface area contributed by atoms with Crippen LogP contribution in [0.15, 0.2) is 0 Å². The predicted octanol–water partition coefficient (Wildman–Crippen LogP) is 2.27. The smallest absolute Gasteiger partial charge is 0.0101 e. The number of hydrogen-bond acceptors (Lipinski definition) is 1. The molecule has 11 heavy (non-hydrogen) atoms. The second-order valence-electron chi connectivity index (χ2n) is 4.95. The minimum absolute atomic E-state index is 0.630.